The van der Waals surface area contributed by atoms with Gasteiger partial charge in [0.1, 0.15) is 28.3 Å². The number of hydrogen-bond acceptors (Lipinski definition) is 6. The number of carbonyl (C=O) groups excluding carboxylic acids is 1. The smallest absolute Gasteiger partial charge is 0.254 e. The van der Waals surface area contributed by atoms with Gasteiger partial charge in [-0.3, -0.25) is 9.59 Å². The second-order valence-electron chi connectivity index (χ2n) is 10.5. The Kier molecular flexibility index (Phi) is 7.16. The van der Waals surface area contributed by atoms with Gasteiger partial charge in [0.25, 0.3) is 5.91 Å². The van der Waals surface area contributed by atoms with Gasteiger partial charge in [0, 0.05) is 30.8 Å². The summed E-state index contributed by atoms with van der Waals surface area (Å²) in [7, 11) is 1.64. The lowest BCUT2D eigenvalue weighted by Crippen LogP contribution is -2.27. The van der Waals surface area contributed by atoms with Crippen LogP contribution < -0.4 is 31.3 Å². The Morgan fingerprint density at radius 2 is 2.14 bits per heavy atom. The van der Waals surface area contributed by atoms with Crippen LogP contribution in [0, 0.1) is 18.7 Å². The Morgan fingerprint density at radius 1 is 1.29 bits per heavy atom. The molecule has 1 aromatic heterocycles. The average molecular weight is 567 g/mol. The van der Waals surface area contributed by atoms with Crippen LogP contribution >= 0.6 is 0 Å². The van der Waals surface area contributed by atoms with E-state index in [1.54, 1.807) is 11.7 Å². The van der Waals surface area contributed by atoms with Gasteiger partial charge in [-0.25, -0.2) is 4.39 Å². The standard InChI is InChI=1S/C33H31FN4O4/c1-19-14-22(41-2)10-11-26(19)36-12-6-3-7-13-37-29-25(34)17-23-30-32(29)42-28-16-21-9-5-4-8-20(21)15-27(28)38(30)18-24(31(23)39)33(35)40/h4-6,8-12,14,16-18,20,36-37H,3,7,13,15H2,1-2H3,(H2,35,40)/b12-6+. The number of aromatic nitrogens is 1. The number of methoxy groups -OCH3 is 1. The second kappa shape index (κ2) is 11.1. The molecule has 0 fully saturated rings. The number of amides is 1. The summed E-state index contributed by atoms with van der Waals surface area (Å²) in [6.45, 7) is 2.48. The number of benzene rings is 2. The third-order valence-corrected chi connectivity index (χ3v) is 7.77. The maximum atomic E-state index is 15.5. The summed E-state index contributed by atoms with van der Waals surface area (Å²) in [5, 5.41) is 6.51. The summed E-state index contributed by atoms with van der Waals surface area (Å²) < 4.78 is 28.9. The van der Waals surface area contributed by atoms with E-state index >= 15 is 4.39 Å². The zero-order chi connectivity index (χ0) is 29.4. The number of pyridine rings is 1. The molecule has 0 spiro atoms. The van der Waals surface area contributed by atoms with E-state index in [0.29, 0.717) is 24.2 Å². The van der Waals surface area contributed by atoms with Gasteiger partial charge in [0.05, 0.1) is 18.2 Å². The number of fused-ring (bicyclic) bond motifs is 2. The van der Waals surface area contributed by atoms with Gasteiger partial charge in [-0.15, -0.1) is 0 Å². The van der Waals surface area contributed by atoms with Gasteiger partial charge in [-0.1, -0.05) is 30.4 Å². The first-order valence-electron chi connectivity index (χ1n) is 13.8. The molecule has 3 aromatic rings. The maximum absolute atomic E-state index is 15.5. The van der Waals surface area contributed by atoms with Crippen LogP contribution in [0.5, 0.6) is 11.5 Å². The van der Waals surface area contributed by atoms with Crippen molar-refractivity contribution in [3.8, 4) is 11.5 Å². The highest BCUT2D eigenvalue weighted by Crippen LogP contribution is 2.46. The molecule has 0 saturated heterocycles. The Bertz CT molecular complexity index is 1830. The van der Waals surface area contributed by atoms with Crippen molar-refractivity contribution in [1.29, 1.82) is 0 Å². The van der Waals surface area contributed by atoms with Crippen molar-refractivity contribution in [3.05, 3.63) is 112 Å². The van der Waals surface area contributed by atoms with Crippen molar-refractivity contribution in [2.45, 2.75) is 26.2 Å². The minimum absolute atomic E-state index is 0.0487. The molecule has 1 unspecified atom stereocenters. The van der Waals surface area contributed by atoms with Crippen LogP contribution in [0.3, 0.4) is 0 Å². The summed E-state index contributed by atoms with van der Waals surface area (Å²) in [6.07, 6.45) is 17.4. The summed E-state index contributed by atoms with van der Waals surface area (Å²) in [4.78, 5) is 25.3. The third kappa shape index (κ3) is 4.87. The van der Waals surface area contributed by atoms with E-state index in [4.69, 9.17) is 15.2 Å². The first kappa shape index (κ1) is 27.1. The van der Waals surface area contributed by atoms with E-state index in [0.717, 1.165) is 47.2 Å². The summed E-state index contributed by atoms with van der Waals surface area (Å²) >= 11 is 0. The monoisotopic (exact) mass is 566 g/mol. The number of primary amides is 1. The lowest BCUT2D eigenvalue weighted by molar-refractivity contribution is 0.0999. The maximum Gasteiger partial charge on any atom is 0.254 e. The number of unbranched alkanes of at least 4 members (excludes halogenated alkanes) is 1. The molecule has 9 heteroatoms. The van der Waals surface area contributed by atoms with Crippen molar-refractivity contribution in [1.82, 2.24) is 4.57 Å². The second-order valence-corrected chi connectivity index (χ2v) is 10.5. The molecule has 1 aliphatic heterocycles. The number of nitrogens with one attached hydrogen (secondary N) is 2. The first-order valence-corrected chi connectivity index (χ1v) is 13.8. The largest absolute Gasteiger partial charge is 0.497 e. The summed E-state index contributed by atoms with van der Waals surface area (Å²) in [6, 6.07) is 6.99. The average Bonchev–Trinajstić information content (AvgIpc) is 2.98. The Labute approximate surface area is 242 Å². The lowest BCUT2D eigenvalue weighted by Gasteiger charge is -2.32. The highest BCUT2D eigenvalue weighted by molar-refractivity contribution is 6.01. The topological polar surface area (TPSA) is 108 Å². The van der Waals surface area contributed by atoms with Crippen molar-refractivity contribution in [2.24, 2.45) is 11.7 Å². The number of aryl methyl sites for hydroxylation is 1. The van der Waals surface area contributed by atoms with Crippen LogP contribution in [0.15, 0.2) is 89.2 Å². The molecule has 1 atom stereocenters. The van der Waals surface area contributed by atoms with Crippen molar-refractivity contribution in [3.63, 3.8) is 0 Å². The quantitative estimate of drug-likeness (QED) is 0.274. The minimum atomic E-state index is -0.860. The molecular weight excluding hydrogens is 535 g/mol. The molecule has 4 N–H and O–H groups in total. The van der Waals surface area contributed by atoms with E-state index in [2.05, 4.69) is 16.7 Å². The van der Waals surface area contributed by atoms with Crippen LogP contribution in [-0.4, -0.2) is 24.1 Å². The number of nitrogens with two attached hydrogens (primary N) is 1. The molecule has 3 aliphatic rings. The number of halogens is 1. The molecular formula is C33H31FN4O4. The normalized spacial score (nSPS) is 16.6. The third-order valence-electron chi connectivity index (χ3n) is 7.77. The molecule has 1 amide bonds. The van der Waals surface area contributed by atoms with E-state index in [1.165, 1.54) is 6.20 Å². The zero-order valence-electron chi connectivity index (χ0n) is 23.4. The van der Waals surface area contributed by atoms with Crippen LogP contribution in [0.2, 0.25) is 0 Å². The first-order chi connectivity index (χ1) is 20.4. The van der Waals surface area contributed by atoms with Crippen molar-refractivity contribution >= 4 is 33.9 Å². The molecule has 0 bridgehead atoms. The van der Waals surface area contributed by atoms with Gasteiger partial charge in [0.15, 0.2) is 11.6 Å². The van der Waals surface area contributed by atoms with Crippen LogP contribution in [0.4, 0.5) is 15.8 Å². The molecule has 2 heterocycles. The molecule has 42 heavy (non-hydrogen) atoms. The van der Waals surface area contributed by atoms with E-state index < -0.39 is 17.2 Å². The van der Waals surface area contributed by atoms with E-state index in [9.17, 15) is 9.59 Å². The fourth-order valence-corrected chi connectivity index (χ4v) is 5.57. The zero-order valence-corrected chi connectivity index (χ0v) is 23.4. The van der Waals surface area contributed by atoms with Crippen LogP contribution in [-0.2, 0) is 0 Å². The molecule has 0 saturated carbocycles. The molecule has 8 nitrogen and oxygen atoms in total. The molecule has 2 aliphatic carbocycles. The SMILES string of the molecule is COc1ccc(N/C=C/CCCNc2c(F)cc3c(=O)c(C(N)=O)cn4c3c2OC2=C4CC3C=CC=CC3=C2)c(C)c1. The Hall–Kier alpha value is -5.05. The van der Waals surface area contributed by atoms with Crippen LogP contribution in [0.25, 0.3) is 16.6 Å². The predicted molar refractivity (Wildman–Crippen MR) is 163 cm³/mol. The molecule has 2 aromatic carbocycles. The molecule has 0 radical (unpaired) electrons. The van der Waals surface area contributed by atoms with Crippen molar-refractivity contribution < 1.29 is 18.7 Å². The fourth-order valence-electron chi connectivity index (χ4n) is 5.57. The van der Waals surface area contributed by atoms with E-state index in [-0.39, 0.29) is 28.3 Å². The Morgan fingerprint density at radius 3 is 2.93 bits per heavy atom. The number of allylic oxidation sites excluding steroid dienone is 8. The van der Waals surface area contributed by atoms with Gasteiger partial charge in [0.2, 0.25) is 5.43 Å². The molecule has 6 rings (SSSR count). The summed E-state index contributed by atoms with van der Waals surface area (Å²) in [5.74, 6) is 0.198. The number of nitrogens with zero attached hydrogens (tertiary/aromatic N) is 1. The van der Waals surface area contributed by atoms with Crippen LogP contribution in [0.1, 0.15) is 35.2 Å². The number of carbonyl (C=O) groups is 1. The van der Waals surface area contributed by atoms with E-state index in [1.807, 2.05) is 61.7 Å². The van der Waals surface area contributed by atoms with Crippen molar-refractivity contribution in [2.75, 3.05) is 24.3 Å². The predicted octanol–water partition coefficient (Wildman–Crippen LogP) is 6.01. The fraction of sp³-hybridized carbons (Fsp3) is 0.212. The highest BCUT2D eigenvalue weighted by Gasteiger charge is 2.32. The number of rotatable bonds is 9. The number of hydrogen-bond donors (Lipinski definition) is 3. The van der Waals surface area contributed by atoms with Gasteiger partial charge in [-0.05, 0) is 67.4 Å². The number of anilines is 2. The van der Waals surface area contributed by atoms with Gasteiger partial charge in [-0.2, -0.15) is 0 Å². The minimum Gasteiger partial charge on any atom is -0.497 e. The van der Waals surface area contributed by atoms with Gasteiger partial charge >= 0.3 is 0 Å². The summed E-state index contributed by atoms with van der Waals surface area (Å²) in [5.41, 5.74) is 9.23. The lowest BCUT2D eigenvalue weighted by atomic mass is 9.85. The number of ether oxygens (including phenoxy) is 2. The highest BCUT2D eigenvalue weighted by atomic mass is 19.1. The van der Waals surface area contributed by atoms with Gasteiger partial charge < -0.3 is 30.4 Å². The molecule has 214 valence electrons. The Balaban J connectivity index is 1.24.